The van der Waals surface area contributed by atoms with E-state index in [1.807, 2.05) is 49.4 Å². The lowest BCUT2D eigenvalue weighted by Crippen LogP contribution is -2.51. The molecule has 0 spiro atoms. The van der Waals surface area contributed by atoms with Crippen LogP contribution in [0.15, 0.2) is 59.3 Å². The SMILES string of the molecule is Cc1ccc(-c2cnoc2NC(=O)CSC2NC(=O)CC(c3cccc(Cl)c3)N2)cc1. The van der Waals surface area contributed by atoms with Crippen LogP contribution in [0.25, 0.3) is 11.1 Å². The molecule has 0 radical (unpaired) electrons. The van der Waals surface area contributed by atoms with Gasteiger partial charge in [0.25, 0.3) is 0 Å². The molecule has 2 atom stereocenters. The number of anilines is 1. The van der Waals surface area contributed by atoms with Gasteiger partial charge in [-0.2, -0.15) is 0 Å². The van der Waals surface area contributed by atoms with Crippen molar-refractivity contribution in [3.05, 3.63) is 70.9 Å². The molecule has 3 aromatic rings. The summed E-state index contributed by atoms with van der Waals surface area (Å²) in [5.74, 6) is 0.0790. The second-order valence-corrected chi connectivity index (χ2v) is 8.75. The number of benzene rings is 2. The molecule has 1 aromatic heterocycles. The van der Waals surface area contributed by atoms with Gasteiger partial charge in [0, 0.05) is 17.5 Å². The maximum Gasteiger partial charge on any atom is 0.239 e. The quantitative estimate of drug-likeness (QED) is 0.516. The molecular weight excluding hydrogens is 436 g/mol. The molecule has 2 aromatic carbocycles. The molecule has 9 heteroatoms. The first kappa shape index (κ1) is 21.4. The van der Waals surface area contributed by atoms with Crippen LogP contribution in [-0.4, -0.2) is 28.2 Å². The normalized spacial score (nSPS) is 18.5. The summed E-state index contributed by atoms with van der Waals surface area (Å²) in [4.78, 5) is 24.6. The summed E-state index contributed by atoms with van der Waals surface area (Å²) in [6.45, 7) is 2.01. The zero-order chi connectivity index (χ0) is 21.8. The molecule has 0 saturated carbocycles. The smallest absolute Gasteiger partial charge is 0.239 e. The van der Waals surface area contributed by atoms with Gasteiger partial charge in [-0.3, -0.25) is 20.2 Å². The maximum atomic E-state index is 12.5. The van der Waals surface area contributed by atoms with Crippen LogP contribution in [0.3, 0.4) is 0 Å². The minimum Gasteiger partial charge on any atom is -0.338 e. The average molecular weight is 457 g/mol. The monoisotopic (exact) mass is 456 g/mol. The number of rotatable bonds is 6. The number of carbonyl (C=O) groups excluding carboxylic acids is 2. The fraction of sp³-hybridized carbons (Fsp3) is 0.227. The molecule has 160 valence electrons. The average Bonchev–Trinajstić information content (AvgIpc) is 3.20. The highest BCUT2D eigenvalue weighted by atomic mass is 35.5. The first-order chi connectivity index (χ1) is 15.0. The first-order valence-corrected chi connectivity index (χ1v) is 11.1. The van der Waals surface area contributed by atoms with E-state index in [1.54, 1.807) is 12.3 Å². The Morgan fingerprint density at radius 3 is 2.87 bits per heavy atom. The molecule has 0 bridgehead atoms. The van der Waals surface area contributed by atoms with E-state index < -0.39 is 5.50 Å². The number of hydrogen-bond acceptors (Lipinski definition) is 6. The van der Waals surface area contributed by atoms with Crippen molar-refractivity contribution >= 4 is 41.1 Å². The van der Waals surface area contributed by atoms with Gasteiger partial charge in [-0.1, -0.05) is 58.7 Å². The van der Waals surface area contributed by atoms with Crippen molar-refractivity contribution in [2.24, 2.45) is 0 Å². The van der Waals surface area contributed by atoms with E-state index in [4.69, 9.17) is 16.1 Å². The number of aryl methyl sites for hydroxylation is 1. The van der Waals surface area contributed by atoms with Gasteiger partial charge in [-0.15, -0.1) is 11.8 Å². The summed E-state index contributed by atoms with van der Waals surface area (Å²) in [5.41, 5.74) is 3.29. The molecule has 2 amide bonds. The Balaban J connectivity index is 1.35. The van der Waals surface area contributed by atoms with Crippen molar-refractivity contribution in [1.82, 2.24) is 15.8 Å². The third-order valence-corrected chi connectivity index (χ3v) is 6.10. The summed E-state index contributed by atoms with van der Waals surface area (Å²) < 4.78 is 5.23. The number of halogens is 1. The molecule has 1 saturated heterocycles. The number of aromatic nitrogens is 1. The number of amides is 2. The Kier molecular flexibility index (Phi) is 6.60. The number of hydrogen-bond donors (Lipinski definition) is 3. The van der Waals surface area contributed by atoms with Crippen LogP contribution in [-0.2, 0) is 9.59 Å². The van der Waals surface area contributed by atoms with Crippen molar-refractivity contribution in [3.63, 3.8) is 0 Å². The van der Waals surface area contributed by atoms with E-state index in [1.165, 1.54) is 11.8 Å². The van der Waals surface area contributed by atoms with Crippen LogP contribution in [0.2, 0.25) is 5.02 Å². The molecule has 4 rings (SSSR count). The highest BCUT2D eigenvalue weighted by molar-refractivity contribution is 8.00. The van der Waals surface area contributed by atoms with Crippen molar-refractivity contribution in [2.45, 2.75) is 24.9 Å². The van der Waals surface area contributed by atoms with Gasteiger partial charge < -0.3 is 9.84 Å². The zero-order valence-corrected chi connectivity index (χ0v) is 18.3. The first-order valence-electron chi connectivity index (χ1n) is 9.72. The fourth-order valence-corrected chi connectivity index (χ4v) is 4.36. The van der Waals surface area contributed by atoms with Gasteiger partial charge in [-0.25, -0.2) is 0 Å². The van der Waals surface area contributed by atoms with Crippen LogP contribution in [0.1, 0.15) is 23.6 Å². The van der Waals surface area contributed by atoms with Crippen LogP contribution in [0.5, 0.6) is 0 Å². The Labute approximate surface area is 188 Å². The predicted molar refractivity (Wildman–Crippen MR) is 122 cm³/mol. The minimum absolute atomic E-state index is 0.0847. The summed E-state index contributed by atoms with van der Waals surface area (Å²) in [6.07, 6.45) is 1.88. The van der Waals surface area contributed by atoms with E-state index in [2.05, 4.69) is 21.1 Å². The molecule has 1 aliphatic heterocycles. The molecule has 2 unspecified atom stereocenters. The lowest BCUT2D eigenvalue weighted by Gasteiger charge is -2.31. The summed E-state index contributed by atoms with van der Waals surface area (Å²) in [6, 6.07) is 15.1. The second-order valence-electron chi connectivity index (χ2n) is 7.22. The highest BCUT2D eigenvalue weighted by Gasteiger charge is 2.28. The van der Waals surface area contributed by atoms with Crippen LogP contribution < -0.4 is 16.0 Å². The Morgan fingerprint density at radius 2 is 2.10 bits per heavy atom. The number of thioether (sulfide) groups is 1. The van der Waals surface area contributed by atoms with Crippen molar-refractivity contribution in [2.75, 3.05) is 11.1 Å². The number of carbonyl (C=O) groups is 2. The lowest BCUT2D eigenvalue weighted by atomic mass is 10.0. The highest BCUT2D eigenvalue weighted by Crippen LogP contribution is 2.29. The third-order valence-electron chi connectivity index (χ3n) is 4.85. The molecule has 31 heavy (non-hydrogen) atoms. The van der Waals surface area contributed by atoms with E-state index in [0.717, 1.165) is 16.7 Å². The summed E-state index contributed by atoms with van der Waals surface area (Å²) in [5, 5.41) is 13.4. The van der Waals surface area contributed by atoms with E-state index in [0.29, 0.717) is 22.9 Å². The fourth-order valence-electron chi connectivity index (χ4n) is 3.29. The molecule has 0 aliphatic carbocycles. The van der Waals surface area contributed by atoms with Gasteiger partial charge in [0.05, 0.1) is 17.5 Å². The van der Waals surface area contributed by atoms with Gasteiger partial charge in [0.1, 0.15) is 5.50 Å². The van der Waals surface area contributed by atoms with Crippen LogP contribution in [0.4, 0.5) is 5.88 Å². The Morgan fingerprint density at radius 1 is 1.29 bits per heavy atom. The predicted octanol–water partition coefficient (Wildman–Crippen LogP) is 4.11. The summed E-state index contributed by atoms with van der Waals surface area (Å²) in [7, 11) is 0. The van der Waals surface area contributed by atoms with Crippen LogP contribution in [0, 0.1) is 6.92 Å². The molecular formula is C22H21ClN4O3S. The zero-order valence-electron chi connectivity index (χ0n) is 16.7. The van der Waals surface area contributed by atoms with Crippen molar-refractivity contribution in [3.8, 4) is 11.1 Å². The van der Waals surface area contributed by atoms with Gasteiger partial charge in [-0.05, 0) is 30.2 Å². The molecule has 3 N–H and O–H groups in total. The second kappa shape index (κ2) is 9.55. The maximum absolute atomic E-state index is 12.5. The van der Waals surface area contributed by atoms with Crippen molar-refractivity contribution in [1.29, 1.82) is 0 Å². The summed E-state index contributed by atoms with van der Waals surface area (Å²) >= 11 is 7.36. The van der Waals surface area contributed by atoms with Crippen LogP contribution >= 0.6 is 23.4 Å². The molecule has 1 aliphatic rings. The van der Waals surface area contributed by atoms with Gasteiger partial charge in [0.2, 0.25) is 17.7 Å². The van der Waals surface area contributed by atoms with E-state index >= 15 is 0 Å². The standard InChI is InChI=1S/C22H21ClN4O3S/c1-13-5-7-14(8-6-13)17-11-24-30-21(17)26-20(29)12-31-22-25-18(10-19(28)27-22)15-3-2-4-16(23)9-15/h2-9,11,18,22,25H,10,12H2,1H3,(H,26,29)(H,27,28). The Hall–Kier alpha value is -2.81. The van der Waals surface area contributed by atoms with Crippen molar-refractivity contribution < 1.29 is 14.1 Å². The Bertz CT molecular complexity index is 1090. The lowest BCUT2D eigenvalue weighted by molar-refractivity contribution is -0.123. The van der Waals surface area contributed by atoms with Gasteiger partial charge >= 0.3 is 0 Å². The largest absolute Gasteiger partial charge is 0.338 e. The minimum atomic E-state index is -0.401. The van der Waals surface area contributed by atoms with E-state index in [-0.39, 0.29) is 23.6 Å². The topological polar surface area (TPSA) is 96.3 Å². The van der Waals surface area contributed by atoms with Gasteiger partial charge in [0.15, 0.2) is 0 Å². The van der Waals surface area contributed by atoms with E-state index in [9.17, 15) is 9.59 Å². The third kappa shape index (κ3) is 5.46. The number of nitrogens with zero attached hydrogens (tertiary/aromatic N) is 1. The number of nitrogens with one attached hydrogen (secondary N) is 3. The molecule has 7 nitrogen and oxygen atoms in total. The molecule has 1 fully saturated rings. The molecule has 2 heterocycles.